The van der Waals surface area contributed by atoms with Crippen LogP contribution in [0.3, 0.4) is 0 Å². The van der Waals surface area contributed by atoms with E-state index in [1.807, 2.05) is 0 Å². The van der Waals surface area contributed by atoms with Crippen molar-refractivity contribution in [2.75, 3.05) is 0 Å². The van der Waals surface area contributed by atoms with Crippen LogP contribution in [-0.2, 0) is 11.4 Å². The van der Waals surface area contributed by atoms with Crippen LogP contribution in [0.25, 0.3) is 10.8 Å². The van der Waals surface area contributed by atoms with Crippen LogP contribution in [0.5, 0.6) is 11.5 Å². The molecule has 0 heterocycles. The maximum atomic E-state index is 13.9. The highest BCUT2D eigenvalue weighted by atomic mass is 19.4. The van der Waals surface area contributed by atoms with E-state index >= 15 is 0 Å². The van der Waals surface area contributed by atoms with Gasteiger partial charge < -0.3 is 19.9 Å². The molecule has 2 unspecified atom stereocenters. The van der Waals surface area contributed by atoms with Gasteiger partial charge in [-0.15, -0.1) is 13.2 Å². The fraction of sp³-hybridized carbons (Fsp3) is 0.355. The second-order valence-corrected chi connectivity index (χ2v) is 10.6. The summed E-state index contributed by atoms with van der Waals surface area (Å²) in [5.41, 5.74) is 1.69. The van der Waals surface area contributed by atoms with Gasteiger partial charge in [0.2, 0.25) is 0 Å². The molecule has 218 valence electrons. The first-order valence-corrected chi connectivity index (χ1v) is 13.3. The van der Waals surface area contributed by atoms with Crippen LogP contribution < -0.4 is 14.8 Å². The third-order valence-electron chi connectivity index (χ3n) is 7.13. The van der Waals surface area contributed by atoms with E-state index in [9.17, 15) is 32.3 Å². The molecule has 0 aromatic heterocycles. The number of aliphatic carboxylic acids is 1. The Morgan fingerprint density at radius 1 is 1.10 bits per heavy atom. The minimum atomic E-state index is -4.82. The number of nitrogens with one attached hydrogen (secondary N) is 1. The van der Waals surface area contributed by atoms with Gasteiger partial charge in [0.05, 0.1) is 5.56 Å². The molecule has 3 aromatic carbocycles. The van der Waals surface area contributed by atoms with E-state index in [0.717, 1.165) is 37.0 Å². The Morgan fingerprint density at radius 2 is 1.83 bits per heavy atom. The minimum Gasteiger partial charge on any atom is -0.487 e. The fourth-order valence-corrected chi connectivity index (χ4v) is 5.39. The minimum absolute atomic E-state index is 0.0482. The third-order valence-corrected chi connectivity index (χ3v) is 7.13. The van der Waals surface area contributed by atoms with Crippen LogP contribution in [0.4, 0.5) is 17.6 Å². The normalized spacial score (nSPS) is 18.1. The standard InChI is InChI=1S/C31H31F4NO5/c1-18-13-19(2)15-21(14-18)5-12-27(30(38)39)36-29(37)26-10-6-22-16-23(32)7-11-25(22)28(26)40-17-20-3-8-24(9-4-20)41-31(33,34)35/h3-4,6-11,16,19,21,27H,1,5,12-15,17H2,2H3,(H,36,37)(H,38,39)/t19?,21?,27-/m0/s1. The first-order valence-electron chi connectivity index (χ1n) is 13.3. The summed E-state index contributed by atoms with van der Waals surface area (Å²) >= 11 is 0. The zero-order valence-corrected chi connectivity index (χ0v) is 22.5. The van der Waals surface area contributed by atoms with E-state index < -0.39 is 35.8 Å². The lowest BCUT2D eigenvalue weighted by Gasteiger charge is -2.29. The van der Waals surface area contributed by atoms with Crippen LogP contribution in [0.2, 0.25) is 0 Å². The SMILES string of the molecule is C=C1CC(C)CC(CC[C@H](NC(=O)c2ccc3cc(F)ccc3c2OCc2ccc(OC(F)(F)F)cc2)C(=O)O)C1. The molecule has 0 aliphatic heterocycles. The summed E-state index contributed by atoms with van der Waals surface area (Å²) in [6.07, 6.45) is -1.18. The Balaban J connectivity index is 1.53. The molecule has 6 nitrogen and oxygen atoms in total. The number of amides is 1. The highest BCUT2D eigenvalue weighted by Gasteiger charge is 2.31. The molecule has 1 aliphatic carbocycles. The summed E-state index contributed by atoms with van der Waals surface area (Å²) in [7, 11) is 0. The number of fused-ring (bicyclic) bond motifs is 1. The topological polar surface area (TPSA) is 84.9 Å². The van der Waals surface area contributed by atoms with E-state index in [2.05, 4.69) is 23.6 Å². The van der Waals surface area contributed by atoms with Gasteiger partial charge in [0.1, 0.15) is 30.0 Å². The van der Waals surface area contributed by atoms with Gasteiger partial charge in [-0.25, -0.2) is 9.18 Å². The van der Waals surface area contributed by atoms with E-state index in [1.54, 1.807) is 0 Å². The molecule has 0 saturated heterocycles. The lowest BCUT2D eigenvalue weighted by atomic mass is 9.77. The predicted molar refractivity (Wildman–Crippen MR) is 145 cm³/mol. The molecule has 0 bridgehead atoms. The summed E-state index contributed by atoms with van der Waals surface area (Å²) < 4.78 is 61.1. The molecule has 41 heavy (non-hydrogen) atoms. The second kappa shape index (κ2) is 12.6. The van der Waals surface area contributed by atoms with Gasteiger partial charge in [0, 0.05) is 5.39 Å². The summed E-state index contributed by atoms with van der Waals surface area (Å²) in [6.45, 7) is 6.10. The number of ether oxygens (including phenoxy) is 2. The summed E-state index contributed by atoms with van der Waals surface area (Å²) in [6, 6.07) is 10.8. The van der Waals surface area contributed by atoms with Crippen LogP contribution >= 0.6 is 0 Å². The molecular weight excluding hydrogens is 542 g/mol. The van der Waals surface area contributed by atoms with Crippen molar-refractivity contribution in [2.45, 2.75) is 58.0 Å². The second-order valence-electron chi connectivity index (χ2n) is 10.6. The predicted octanol–water partition coefficient (Wildman–Crippen LogP) is 7.41. The number of rotatable bonds is 10. The van der Waals surface area contributed by atoms with Crippen LogP contribution in [0, 0.1) is 17.7 Å². The van der Waals surface area contributed by atoms with Gasteiger partial charge in [-0.1, -0.05) is 37.3 Å². The highest BCUT2D eigenvalue weighted by Crippen LogP contribution is 2.35. The molecule has 1 amide bonds. The van der Waals surface area contributed by atoms with Gasteiger partial charge in [0.25, 0.3) is 5.91 Å². The maximum absolute atomic E-state index is 13.9. The van der Waals surface area contributed by atoms with Crippen molar-refractivity contribution in [1.82, 2.24) is 5.32 Å². The molecule has 3 aromatic rings. The zero-order valence-electron chi connectivity index (χ0n) is 22.5. The van der Waals surface area contributed by atoms with E-state index in [4.69, 9.17) is 4.74 Å². The Morgan fingerprint density at radius 3 is 2.49 bits per heavy atom. The number of carboxylic acid groups (broad SMARTS) is 1. The molecule has 3 atom stereocenters. The quantitative estimate of drug-likeness (QED) is 0.195. The number of carboxylic acids is 1. The highest BCUT2D eigenvalue weighted by molar-refractivity contribution is 6.04. The Hall–Kier alpha value is -4.08. The van der Waals surface area contributed by atoms with Gasteiger partial charge >= 0.3 is 12.3 Å². The van der Waals surface area contributed by atoms with E-state index in [1.165, 1.54) is 42.5 Å². The average molecular weight is 574 g/mol. The van der Waals surface area contributed by atoms with Crippen molar-refractivity contribution in [3.05, 3.63) is 83.7 Å². The average Bonchev–Trinajstić information content (AvgIpc) is 2.88. The van der Waals surface area contributed by atoms with Gasteiger partial charge in [-0.05, 0) is 91.3 Å². The lowest BCUT2D eigenvalue weighted by Crippen LogP contribution is -2.41. The van der Waals surface area contributed by atoms with Gasteiger partial charge in [-0.2, -0.15) is 0 Å². The van der Waals surface area contributed by atoms with Crippen molar-refractivity contribution < 1.29 is 41.7 Å². The molecule has 0 radical (unpaired) electrons. The number of allylic oxidation sites excluding steroid dienone is 1. The Kier molecular flexibility index (Phi) is 9.20. The van der Waals surface area contributed by atoms with Crippen molar-refractivity contribution >= 4 is 22.6 Å². The number of halogens is 4. The fourth-order valence-electron chi connectivity index (χ4n) is 5.39. The molecule has 1 aliphatic rings. The lowest BCUT2D eigenvalue weighted by molar-refractivity contribution is -0.274. The summed E-state index contributed by atoms with van der Waals surface area (Å²) in [5, 5.41) is 13.3. The smallest absolute Gasteiger partial charge is 0.487 e. The largest absolute Gasteiger partial charge is 0.573 e. The molecule has 10 heteroatoms. The molecule has 2 N–H and O–H groups in total. The van der Waals surface area contributed by atoms with E-state index in [-0.39, 0.29) is 24.3 Å². The summed E-state index contributed by atoms with van der Waals surface area (Å²) in [4.78, 5) is 25.4. The molecule has 1 saturated carbocycles. The molecule has 1 fully saturated rings. The number of carbonyl (C=O) groups excluding carboxylic acids is 1. The maximum Gasteiger partial charge on any atom is 0.573 e. The molecule has 0 spiro atoms. The Bertz CT molecular complexity index is 1420. The van der Waals surface area contributed by atoms with E-state index in [0.29, 0.717) is 34.6 Å². The first kappa shape index (κ1) is 29.9. The third kappa shape index (κ3) is 8.22. The van der Waals surface area contributed by atoms with Crippen molar-refractivity contribution in [2.24, 2.45) is 11.8 Å². The number of benzene rings is 3. The number of hydrogen-bond acceptors (Lipinski definition) is 4. The van der Waals surface area contributed by atoms with Gasteiger partial charge in [-0.3, -0.25) is 4.79 Å². The Labute approximate surface area is 235 Å². The van der Waals surface area contributed by atoms with Crippen LogP contribution in [-0.4, -0.2) is 29.4 Å². The molecular formula is C31H31F4NO5. The van der Waals surface area contributed by atoms with Gasteiger partial charge in [0.15, 0.2) is 0 Å². The van der Waals surface area contributed by atoms with Crippen molar-refractivity contribution in [1.29, 1.82) is 0 Å². The molecule has 4 rings (SSSR count). The first-order chi connectivity index (χ1) is 19.4. The number of carbonyl (C=O) groups is 2. The number of hydrogen-bond donors (Lipinski definition) is 2. The zero-order chi connectivity index (χ0) is 29.7. The summed E-state index contributed by atoms with van der Waals surface area (Å²) in [5.74, 6) is -1.85. The monoisotopic (exact) mass is 573 g/mol. The number of alkyl halides is 3. The van der Waals surface area contributed by atoms with Crippen molar-refractivity contribution in [3.8, 4) is 11.5 Å². The van der Waals surface area contributed by atoms with Crippen LogP contribution in [0.15, 0.2) is 66.7 Å². The van der Waals surface area contributed by atoms with Crippen LogP contribution in [0.1, 0.15) is 54.9 Å². The van der Waals surface area contributed by atoms with Crippen molar-refractivity contribution in [3.63, 3.8) is 0 Å².